The smallest absolute Gasteiger partial charge is 0.224 e. The van der Waals surface area contributed by atoms with E-state index in [9.17, 15) is 9.18 Å². The third kappa shape index (κ3) is 6.81. The first-order chi connectivity index (χ1) is 22.9. The number of fused-ring (bicyclic) bond motifs is 2. The number of hydrogen-bond donors (Lipinski definition) is 4. The number of anilines is 1. The molecular weight excluding hydrogens is 599 g/mol. The quantitative estimate of drug-likeness (QED) is 0.163. The predicted octanol–water partition coefficient (Wildman–Crippen LogP) is 5.03. The van der Waals surface area contributed by atoms with Gasteiger partial charge in [-0.3, -0.25) is 19.9 Å². The second-order valence-electron chi connectivity index (χ2n) is 12.1. The van der Waals surface area contributed by atoms with Crippen LogP contribution in [0.15, 0.2) is 61.2 Å². The Kier molecular flexibility index (Phi) is 8.55. The molecule has 1 aliphatic heterocycles. The summed E-state index contributed by atoms with van der Waals surface area (Å²) in [6.07, 6.45) is 9.21. The standard InChI is InChI=1S/C34H35FN10O2/c1-45(2)9-10-47-25-14-21(12-23(35)15-25)26-5-8-38-33-31(26)41-34(42-33)32-27-16-28(39-19-29(27)43-44-32)22-13-24(18-37-17-22)40-30(46)11-20-3-6-36-7-4-20/h5,8,12-20,36H,3-4,6-7,9-11H2,1-2H3,(H,40,46)(H,43,44)(H,38,41,42). The zero-order valence-electron chi connectivity index (χ0n) is 26.2. The van der Waals surface area contributed by atoms with Gasteiger partial charge in [0.15, 0.2) is 11.5 Å². The summed E-state index contributed by atoms with van der Waals surface area (Å²) in [5, 5.41) is 14.7. The average molecular weight is 635 g/mol. The summed E-state index contributed by atoms with van der Waals surface area (Å²) in [7, 11) is 3.91. The fourth-order valence-electron chi connectivity index (χ4n) is 5.87. The molecule has 5 aromatic heterocycles. The van der Waals surface area contributed by atoms with E-state index < -0.39 is 5.82 Å². The van der Waals surface area contributed by atoms with Gasteiger partial charge in [-0.25, -0.2) is 14.4 Å². The maximum absolute atomic E-state index is 14.7. The summed E-state index contributed by atoms with van der Waals surface area (Å²) in [6.45, 7) is 3.05. The number of hydrogen-bond acceptors (Lipinski definition) is 9. The molecule has 12 nitrogen and oxygen atoms in total. The van der Waals surface area contributed by atoms with Crippen LogP contribution in [0.3, 0.4) is 0 Å². The molecule has 0 aliphatic carbocycles. The monoisotopic (exact) mass is 634 g/mol. The number of benzene rings is 1. The van der Waals surface area contributed by atoms with Crippen LogP contribution in [0, 0.1) is 11.7 Å². The number of rotatable bonds is 10. The van der Waals surface area contributed by atoms with Gasteiger partial charge in [-0.2, -0.15) is 5.10 Å². The minimum absolute atomic E-state index is 0.0134. The molecule has 0 saturated carbocycles. The van der Waals surface area contributed by atoms with Gasteiger partial charge in [-0.05, 0) is 81.8 Å². The zero-order valence-corrected chi connectivity index (χ0v) is 26.2. The highest BCUT2D eigenvalue weighted by atomic mass is 19.1. The van der Waals surface area contributed by atoms with Crippen LogP contribution in [0.1, 0.15) is 19.3 Å². The summed E-state index contributed by atoms with van der Waals surface area (Å²) >= 11 is 0. The summed E-state index contributed by atoms with van der Waals surface area (Å²) in [4.78, 5) is 36.3. The van der Waals surface area contributed by atoms with Crippen LogP contribution in [0.2, 0.25) is 0 Å². The Morgan fingerprint density at radius 3 is 2.79 bits per heavy atom. The fourth-order valence-corrected chi connectivity index (χ4v) is 5.87. The normalized spacial score (nSPS) is 13.9. The van der Waals surface area contributed by atoms with E-state index in [4.69, 9.17) is 9.72 Å². The molecule has 13 heteroatoms. The molecule has 1 aromatic carbocycles. The van der Waals surface area contributed by atoms with Crippen molar-refractivity contribution in [3.8, 4) is 39.7 Å². The molecule has 0 unspecified atom stereocenters. The van der Waals surface area contributed by atoms with Gasteiger partial charge in [0.2, 0.25) is 5.91 Å². The van der Waals surface area contributed by atoms with Gasteiger partial charge in [-0.1, -0.05) is 0 Å². The summed E-state index contributed by atoms with van der Waals surface area (Å²) in [5.41, 5.74) is 5.84. The summed E-state index contributed by atoms with van der Waals surface area (Å²) < 4.78 is 20.5. The van der Waals surface area contributed by atoms with Gasteiger partial charge in [0.1, 0.15) is 23.9 Å². The van der Waals surface area contributed by atoms with E-state index in [1.54, 1.807) is 24.8 Å². The molecule has 0 bridgehead atoms. The van der Waals surface area contributed by atoms with Crippen molar-refractivity contribution in [1.29, 1.82) is 0 Å². The summed E-state index contributed by atoms with van der Waals surface area (Å²) in [5.74, 6) is 0.925. The Labute approximate surface area is 270 Å². The Balaban J connectivity index is 1.16. The number of piperidine rings is 1. The van der Waals surface area contributed by atoms with Gasteiger partial charge in [0.25, 0.3) is 0 Å². The van der Waals surface area contributed by atoms with Gasteiger partial charge >= 0.3 is 0 Å². The molecule has 1 aliphatic rings. The van der Waals surface area contributed by atoms with Crippen LogP contribution in [-0.2, 0) is 4.79 Å². The number of carbonyl (C=O) groups is 1. The lowest BCUT2D eigenvalue weighted by atomic mass is 9.94. The van der Waals surface area contributed by atoms with Crippen molar-refractivity contribution in [2.24, 2.45) is 5.92 Å². The van der Waals surface area contributed by atoms with Crippen molar-refractivity contribution in [2.45, 2.75) is 19.3 Å². The Bertz CT molecular complexity index is 2050. The van der Waals surface area contributed by atoms with Crippen molar-refractivity contribution in [1.82, 2.24) is 45.3 Å². The molecule has 47 heavy (non-hydrogen) atoms. The molecule has 0 radical (unpaired) electrons. The number of imidazole rings is 1. The number of aromatic nitrogens is 7. The van der Waals surface area contributed by atoms with Crippen molar-refractivity contribution >= 4 is 33.7 Å². The molecule has 1 amide bonds. The number of carbonyl (C=O) groups excluding carboxylic acids is 1. The van der Waals surface area contributed by atoms with E-state index in [1.807, 2.05) is 43.3 Å². The number of halogens is 1. The van der Waals surface area contributed by atoms with Gasteiger partial charge in [0, 0.05) is 47.9 Å². The Hall–Kier alpha value is -5.27. The van der Waals surface area contributed by atoms with Crippen molar-refractivity contribution in [3.05, 3.63) is 67.0 Å². The third-order valence-electron chi connectivity index (χ3n) is 8.30. The maximum atomic E-state index is 14.7. The first-order valence-corrected chi connectivity index (χ1v) is 15.6. The minimum atomic E-state index is -0.398. The highest BCUT2D eigenvalue weighted by Gasteiger charge is 2.19. The molecule has 7 rings (SSSR count). The number of nitrogens with zero attached hydrogens (tertiary/aromatic N) is 6. The molecule has 0 atom stereocenters. The lowest BCUT2D eigenvalue weighted by Gasteiger charge is -2.21. The molecule has 240 valence electrons. The first-order valence-electron chi connectivity index (χ1n) is 15.6. The highest BCUT2D eigenvalue weighted by molar-refractivity contribution is 5.97. The van der Waals surface area contributed by atoms with Crippen LogP contribution in [0.4, 0.5) is 10.1 Å². The molecular formula is C34H35FN10O2. The SMILES string of the molecule is CN(C)CCOc1cc(F)cc(-c2ccnc3nc(-c4n[nH]c5cnc(-c6cncc(NC(=O)CC7CCNCC7)c6)cc45)[nH]c23)c1. The van der Waals surface area contributed by atoms with Gasteiger partial charge in [-0.15, -0.1) is 0 Å². The second kappa shape index (κ2) is 13.2. The van der Waals surface area contributed by atoms with E-state index in [1.165, 1.54) is 12.1 Å². The van der Waals surface area contributed by atoms with E-state index in [0.29, 0.717) is 70.9 Å². The Morgan fingerprint density at radius 2 is 1.94 bits per heavy atom. The van der Waals surface area contributed by atoms with E-state index in [-0.39, 0.29) is 5.91 Å². The molecule has 0 spiro atoms. The molecule has 6 heterocycles. The lowest BCUT2D eigenvalue weighted by Crippen LogP contribution is -2.30. The van der Waals surface area contributed by atoms with E-state index in [2.05, 4.69) is 40.8 Å². The number of nitrogens with one attached hydrogen (secondary N) is 4. The minimum Gasteiger partial charge on any atom is -0.492 e. The number of ether oxygens (including phenoxy) is 1. The van der Waals surface area contributed by atoms with Crippen LogP contribution in [-0.4, -0.2) is 86.3 Å². The number of likely N-dealkylation sites (N-methyl/N-ethyl adjacent to an activating group) is 1. The van der Waals surface area contributed by atoms with E-state index in [0.717, 1.165) is 48.0 Å². The second-order valence-corrected chi connectivity index (χ2v) is 12.1. The van der Waals surface area contributed by atoms with Crippen LogP contribution < -0.4 is 15.4 Å². The fraction of sp³-hybridized carbons (Fsp3) is 0.294. The number of aromatic amines is 2. The molecule has 1 saturated heterocycles. The number of amides is 1. The lowest BCUT2D eigenvalue weighted by molar-refractivity contribution is -0.117. The van der Waals surface area contributed by atoms with E-state index >= 15 is 0 Å². The topological polar surface area (TPSA) is 150 Å². The largest absolute Gasteiger partial charge is 0.492 e. The van der Waals surface area contributed by atoms with Crippen LogP contribution >= 0.6 is 0 Å². The Morgan fingerprint density at radius 1 is 1.06 bits per heavy atom. The zero-order chi connectivity index (χ0) is 32.3. The van der Waals surface area contributed by atoms with Crippen molar-refractivity contribution < 1.29 is 13.9 Å². The highest BCUT2D eigenvalue weighted by Crippen LogP contribution is 2.33. The predicted molar refractivity (Wildman–Crippen MR) is 178 cm³/mol. The number of pyridine rings is 3. The average Bonchev–Trinajstić information content (AvgIpc) is 3.69. The molecule has 4 N–H and O–H groups in total. The summed E-state index contributed by atoms with van der Waals surface area (Å²) in [6, 6.07) is 10.3. The molecule has 6 aromatic rings. The maximum Gasteiger partial charge on any atom is 0.224 e. The first kappa shape index (κ1) is 30.4. The molecule has 1 fully saturated rings. The van der Waals surface area contributed by atoms with Crippen LogP contribution in [0.5, 0.6) is 5.75 Å². The number of H-pyrrole nitrogens is 2. The third-order valence-corrected chi connectivity index (χ3v) is 8.30. The van der Waals surface area contributed by atoms with Gasteiger partial charge < -0.3 is 25.3 Å². The van der Waals surface area contributed by atoms with Crippen molar-refractivity contribution in [2.75, 3.05) is 45.7 Å². The van der Waals surface area contributed by atoms with Gasteiger partial charge in [0.05, 0.1) is 34.8 Å². The van der Waals surface area contributed by atoms with Crippen LogP contribution in [0.25, 0.3) is 56.0 Å². The van der Waals surface area contributed by atoms with Crippen molar-refractivity contribution in [3.63, 3.8) is 0 Å².